The zero-order chi connectivity index (χ0) is 27.7. The van der Waals surface area contributed by atoms with Gasteiger partial charge in [0.15, 0.2) is 0 Å². The highest BCUT2D eigenvalue weighted by molar-refractivity contribution is 5.93. The van der Waals surface area contributed by atoms with Gasteiger partial charge in [-0.15, -0.1) is 0 Å². The molecule has 202 valence electrons. The number of aliphatic hydroxyl groups excluding tert-OH is 2. The quantitative estimate of drug-likeness (QED) is 0.212. The monoisotopic (exact) mass is 518 g/mol. The predicted octanol–water partition coefficient (Wildman–Crippen LogP) is 2.01. The van der Waals surface area contributed by atoms with Crippen LogP contribution in [-0.4, -0.2) is 72.2 Å². The molecule has 0 amide bonds. The van der Waals surface area contributed by atoms with Gasteiger partial charge in [-0.1, -0.05) is 24.3 Å². The highest BCUT2D eigenvalue weighted by atomic mass is 16.6. The van der Waals surface area contributed by atoms with Crippen LogP contribution in [-0.2, 0) is 38.1 Å². The Balaban J connectivity index is 2.24. The van der Waals surface area contributed by atoms with Crippen molar-refractivity contribution in [3.8, 4) is 0 Å². The van der Waals surface area contributed by atoms with Gasteiger partial charge in [0, 0.05) is 18.9 Å². The lowest BCUT2D eigenvalue weighted by atomic mass is 9.85. The Morgan fingerprint density at radius 2 is 1.84 bits per heavy atom. The van der Waals surface area contributed by atoms with Gasteiger partial charge in [-0.3, -0.25) is 4.79 Å². The first-order chi connectivity index (χ1) is 17.5. The van der Waals surface area contributed by atoms with E-state index in [2.05, 4.69) is 6.58 Å². The van der Waals surface area contributed by atoms with Crippen molar-refractivity contribution in [3.63, 3.8) is 0 Å². The summed E-state index contributed by atoms with van der Waals surface area (Å²) in [5.41, 5.74) is 1.52. The van der Waals surface area contributed by atoms with Crippen LogP contribution in [0.15, 0.2) is 58.7 Å². The third-order valence-corrected chi connectivity index (χ3v) is 6.09. The fourth-order valence-electron chi connectivity index (χ4n) is 3.89. The highest BCUT2D eigenvalue weighted by Gasteiger charge is 2.44. The normalized spacial score (nSPS) is 27.6. The van der Waals surface area contributed by atoms with Crippen molar-refractivity contribution < 1.29 is 48.3 Å². The number of carbonyl (C=O) groups is 4. The van der Waals surface area contributed by atoms with E-state index >= 15 is 0 Å². The standard InChI is InChI=1S/C27H34O10/c1-6-19(13-34-18(5)29)26(32)35-14-20(9-10-28)27(33)37-22-11-15(2)7-8-21(30)16(3)12-23-24(22)17(4)25(31)36-23/h6-7,9,12,21-24,28,30H,4,8,10-11,13-14H2,1-3,5H3/b15-7+,16-12-,19-6+,20-9-/t21-,22-,23-,24+/m0/s1. The molecule has 0 aromatic carbocycles. The van der Waals surface area contributed by atoms with Crippen molar-refractivity contribution in [3.05, 3.63) is 58.7 Å². The molecule has 1 heterocycles. The third kappa shape index (κ3) is 8.26. The number of aliphatic hydroxyl groups is 2. The lowest BCUT2D eigenvalue weighted by Gasteiger charge is -2.28. The largest absolute Gasteiger partial charge is 0.461 e. The lowest BCUT2D eigenvalue weighted by molar-refractivity contribution is -0.148. The average Bonchev–Trinajstić information content (AvgIpc) is 3.11. The molecule has 1 saturated heterocycles. The molecule has 10 heteroatoms. The number of fused-ring (bicyclic) bond motifs is 1. The summed E-state index contributed by atoms with van der Waals surface area (Å²) in [4.78, 5) is 48.8. The van der Waals surface area contributed by atoms with Crippen molar-refractivity contribution in [2.75, 3.05) is 19.8 Å². The van der Waals surface area contributed by atoms with Crippen molar-refractivity contribution in [1.82, 2.24) is 0 Å². The van der Waals surface area contributed by atoms with Crippen LogP contribution in [0.1, 0.15) is 40.5 Å². The first kappa shape index (κ1) is 29.7. The first-order valence-corrected chi connectivity index (χ1v) is 11.9. The van der Waals surface area contributed by atoms with E-state index in [1.54, 1.807) is 19.9 Å². The van der Waals surface area contributed by atoms with E-state index in [1.165, 1.54) is 13.0 Å². The minimum atomic E-state index is -0.861. The van der Waals surface area contributed by atoms with E-state index in [-0.39, 0.29) is 29.7 Å². The van der Waals surface area contributed by atoms with E-state index in [1.807, 2.05) is 13.0 Å². The van der Waals surface area contributed by atoms with E-state index < -0.39 is 61.3 Å². The smallest absolute Gasteiger partial charge is 0.337 e. The van der Waals surface area contributed by atoms with E-state index in [9.17, 15) is 29.4 Å². The van der Waals surface area contributed by atoms with Crippen molar-refractivity contribution >= 4 is 23.9 Å². The Morgan fingerprint density at radius 3 is 2.46 bits per heavy atom. The topological polar surface area (TPSA) is 146 Å². The second kappa shape index (κ2) is 13.7. The van der Waals surface area contributed by atoms with Crippen LogP contribution in [0.25, 0.3) is 0 Å². The van der Waals surface area contributed by atoms with Gasteiger partial charge in [0.2, 0.25) is 0 Å². The fourth-order valence-corrected chi connectivity index (χ4v) is 3.89. The minimum Gasteiger partial charge on any atom is -0.461 e. The fraction of sp³-hybridized carbons (Fsp3) is 0.481. The highest BCUT2D eigenvalue weighted by Crippen LogP contribution is 2.36. The van der Waals surface area contributed by atoms with Crippen molar-refractivity contribution in [2.24, 2.45) is 5.92 Å². The van der Waals surface area contributed by atoms with E-state index in [0.29, 0.717) is 12.0 Å². The summed E-state index contributed by atoms with van der Waals surface area (Å²) in [6, 6.07) is 0. The van der Waals surface area contributed by atoms with Gasteiger partial charge in [0.05, 0.1) is 29.8 Å². The van der Waals surface area contributed by atoms with Crippen LogP contribution in [0.5, 0.6) is 0 Å². The second-order valence-corrected chi connectivity index (χ2v) is 8.86. The van der Waals surface area contributed by atoms with Crippen LogP contribution in [0, 0.1) is 5.92 Å². The summed E-state index contributed by atoms with van der Waals surface area (Å²) in [7, 11) is 0. The van der Waals surface area contributed by atoms with Gasteiger partial charge >= 0.3 is 23.9 Å². The molecule has 2 N–H and O–H groups in total. The minimum absolute atomic E-state index is 0.0742. The summed E-state index contributed by atoms with van der Waals surface area (Å²) in [6.45, 7) is 8.82. The van der Waals surface area contributed by atoms with E-state index in [4.69, 9.17) is 18.9 Å². The van der Waals surface area contributed by atoms with Crippen molar-refractivity contribution in [1.29, 1.82) is 0 Å². The summed E-state index contributed by atoms with van der Waals surface area (Å²) in [5.74, 6) is -3.57. The number of ether oxygens (including phenoxy) is 4. The van der Waals surface area contributed by atoms with Gasteiger partial charge in [-0.2, -0.15) is 0 Å². The van der Waals surface area contributed by atoms with Crippen molar-refractivity contribution in [2.45, 2.75) is 58.8 Å². The summed E-state index contributed by atoms with van der Waals surface area (Å²) < 4.78 is 21.2. The lowest BCUT2D eigenvalue weighted by Crippen LogP contribution is -2.34. The van der Waals surface area contributed by atoms with E-state index in [0.717, 1.165) is 11.6 Å². The molecular formula is C27H34O10. The molecule has 1 aliphatic heterocycles. The zero-order valence-electron chi connectivity index (χ0n) is 21.5. The van der Waals surface area contributed by atoms with Crippen LogP contribution in [0.3, 0.4) is 0 Å². The molecule has 2 aliphatic rings. The van der Waals surface area contributed by atoms with Gasteiger partial charge in [-0.25, -0.2) is 14.4 Å². The molecule has 0 aromatic rings. The molecular weight excluding hydrogens is 484 g/mol. The summed E-state index contributed by atoms with van der Waals surface area (Å²) in [6.07, 6.45) is 4.21. The molecule has 10 nitrogen and oxygen atoms in total. The van der Waals surface area contributed by atoms with Crippen LogP contribution >= 0.6 is 0 Å². The Morgan fingerprint density at radius 1 is 1.16 bits per heavy atom. The van der Waals surface area contributed by atoms with Gasteiger partial charge in [0.1, 0.15) is 25.4 Å². The molecule has 0 unspecified atom stereocenters. The molecule has 0 spiro atoms. The SMILES string of the molecule is C=C1C(=O)O[C@H]2/C=C(/C)[C@@H](O)C/C=C(\C)C[C@H](OC(=O)/C(=C\CO)COC(=O)/C(=C/C)COC(C)=O)[C@@H]12. The number of hydrogen-bond donors (Lipinski definition) is 2. The molecule has 2 rings (SSSR count). The molecule has 4 atom stereocenters. The third-order valence-electron chi connectivity index (χ3n) is 6.09. The zero-order valence-corrected chi connectivity index (χ0v) is 21.5. The second-order valence-electron chi connectivity index (χ2n) is 8.86. The summed E-state index contributed by atoms with van der Waals surface area (Å²) in [5, 5.41) is 19.8. The number of carbonyl (C=O) groups excluding carboxylic acids is 4. The van der Waals surface area contributed by atoms with Gasteiger partial charge in [-0.05, 0) is 44.9 Å². The molecule has 0 bridgehead atoms. The maximum Gasteiger partial charge on any atom is 0.337 e. The predicted molar refractivity (Wildman–Crippen MR) is 132 cm³/mol. The molecule has 1 fully saturated rings. The number of rotatable bonds is 8. The number of esters is 4. The van der Waals surface area contributed by atoms with Gasteiger partial charge < -0.3 is 29.2 Å². The Hall–Kier alpha value is -3.50. The average molecular weight is 519 g/mol. The molecule has 1 aliphatic carbocycles. The number of allylic oxidation sites excluding steroid dienone is 1. The number of hydrogen-bond acceptors (Lipinski definition) is 10. The Labute approximate surface area is 215 Å². The Bertz CT molecular complexity index is 1050. The maximum atomic E-state index is 13.1. The first-order valence-electron chi connectivity index (χ1n) is 11.9. The maximum absolute atomic E-state index is 13.1. The van der Waals surface area contributed by atoms with Crippen LogP contribution in [0.2, 0.25) is 0 Å². The molecule has 0 radical (unpaired) electrons. The summed E-state index contributed by atoms with van der Waals surface area (Å²) >= 11 is 0. The Kier molecular flexibility index (Phi) is 11.0. The van der Waals surface area contributed by atoms with Crippen LogP contribution < -0.4 is 0 Å². The molecule has 37 heavy (non-hydrogen) atoms. The molecule has 0 saturated carbocycles. The molecule has 0 aromatic heterocycles. The van der Waals surface area contributed by atoms with Gasteiger partial charge in [0.25, 0.3) is 0 Å². The van der Waals surface area contributed by atoms with Crippen LogP contribution in [0.4, 0.5) is 0 Å².